The Labute approximate surface area is 158 Å². The van der Waals surface area contributed by atoms with Crippen molar-refractivity contribution in [3.8, 4) is 0 Å². The van der Waals surface area contributed by atoms with Crippen molar-refractivity contribution in [1.29, 1.82) is 0 Å². The van der Waals surface area contributed by atoms with Gasteiger partial charge in [0.15, 0.2) is 0 Å². The van der Waals surface area contributed by atoms with Crippen molar-refractivity contribution in [3.05, 3.63) is 70.4 Å². The SMILES string of the molecule is N/C(=N\N=C\c1cc2ccccc2s1)N/N=C/c1cc2ccccc2s1. The molecule has 0 aliphatic carbocycles. The second-order valence-electron chi connectivity index (χ2n) is 5.47. The van der Waals surface area contributed by atoms with E-state index in [-0.39, 0.29) is 5.96 Å². The average Bonchev–Trinajstić information content (AvgIpc) is 3.24. The van der Waals surface area contributed by atoms with Gasteiger partial charge >= 0.3 is 0 Å². The maximum atomic E-state index is 5.77. The van der Waals surface area contributed by atoms with Crippen molar-refractivity contribution in [2.45, 2.75) is 0 Å². The molecule has 0 fully saturated rings. The monoisotopic (exact) mass is 377 g/mol. The summed E-state index contributed by atoms with van der Waals surface area (Å²) in [5.74, 6) is 0.139. The van der Waals surface area contributed by atoms with Gasteiger partial charge < -0.3 is 5.73 Å². The molecule has 2 aromatic carbocycles. The number of nitrogens with one attached hydrogen (secondary N) is 1. The van der Waals surface area contributed by atoms with E-state index in [4.69, 9.17) is 5.73 Å². The van der Waals surface area contributed by atoms with Crippen molar-refractivity contribution in [1.82, 2.24) is 5.43 Å². The molecule has 0 amide bonds. The van der Waals surface area contributed by atoms with Gasteiger partial charge in [-0.05, 0) is 35.0 Å². The highest BCUT2D eigenvalue weighted by atomic mass is 32.1. The molecule has 2 heterocycles. The fourth-order valence-electron chi connectivity index (χ4n) is 2.46. The molecule has 0 aliphatic rings. The van der Waals surface area contributed by atoms with E-state index in [0.717, 1.165) is 9.75 Å². The molecule has 0 saturated heterocycles. The molecule has 3 N–H and O–H groups in total. The van der Waals surface area contributed by atoms with Gasteiger partial charge in [-0.2, -0.15) is 10.2 Å². The largest absolute Gasteiger partial charge is 0.367 e. The Morgan fingerprint density at radius 3 is 2.04 bits per heavy atom. The van der Waals surface area contributed by atoms with Crippen LogP contribution in [-0.2, 0) is 0 Å². The van der Waals surface area contributed by atoms with Gasteiger partial charge in [-0.15, -0.1) is 27.8 Å². The van der Waals surface area contributed by atoms with Gasteiger partial charge in [0.2, 0.25) is 5.96 Å². The number of hydrogen-bond donors (Lipinski definition) is 2. The normalized spacial score (nSPS) is 12.7. The third-order valence-corrected chi connectivity index (χ3v) is 5.71. The zero-order valence-electron chi connectivity index (χ0n) is 13.7. The molecule has 7 heteroatoms. The van der Waals surface area contributed by atoms with Gasteiger partial charge in [0.05, 0.1) is 12.4 Å². The van der Waals surface area contributed by atoms with Gasteiger partial charge in [-0.1, -0.05) is 36.4 Å². The molecule has 0 aliphatic heterocycles. The van der Waals surface area contributed by atoms with Crippen molar-refractivity contribution in [2.75, 3.05) is 0 Å². The van der Waals surface area contributed by atoms with Crippen LogP contribution in [0.3, 0.4) is 0 Å². The van der Waals surface area contributed by atoms with Crippen molar-refractivity contribution in [3.63, 3.8) is 0 Å². The number of benzene rings is 2. The Hall–Kier alpha value is -3.03. The van der Waals surface area contributed by atoms with E-state index in [1.807, 2.05) is 24.3 Å². The standard InChI is InChI=1S/C19H15N5S2/c20-19(23-21-11-15-9-13-5-1-3-7-17(13)25-15)24-22-12-16-10-14-6-2-4-8-18(14)26-16/h1-12H,(H3,20,23,24)/b21-11+,22-12+. The molecule has 4 aromatic rings. The van der Waals surface area contributed by atoms with Crippen molar-refractivity contribution < 1.29 is 0 Å². The molecule has 26 heavy (non-hydrogen) atoms. The van der Waals surface area contributed by atoms with E-state index >= 15 is 0 Å². The highest BCUT2D eigenvalue weighted by molar-refractivity contribution is 7.20. The summed E-state index contributed by atoms with van der Waals surface area (Å²) in [5.41, 5.74) is 8.45. The second kappa shape index (κ2) is 7.47. The lowest BCUT2D eigenvalue weighted by Crippen LogP contribution is -2.26. The molecule has 0 bridgehead atoms. The number of nitrogens with two attached hydrogens (primary N) is 1. The quantitative estimate of drug-likeness (QED) is 0.314. The van der Waals surface area contributed by atoms with Crippen LogP contribution in [0, 0.1) is 0 Å². The van der Waals surface area contributed by atoms with Crippen LogP contribution in [0.2, 0.25) is 0 Å². The average molecular weight is 377 g/mol. The minimum absolute atomic E-state index is 0.139. The van der Waals surface area contributed by atoms with Gasteiger partial charge in [0.1, 0.15) is 0 Å². The van der Waals surface area contributed by atoms with Gasteiger partial charge in [-0.25, -0.2) is 5.43 Å². The second-order valence-corrected chi connectivity index (χ2v) is 7.70. The minimum atomic E-state index is 0.139. The van der Waals surface area contributed by atoms with Crippen molar-refractivity contribution in [2.24, 2.45) is 21.0 Å². The van der Waals surface area contributed by atoms with Crippen LogP contribution in [0.15, 0.2) is 76.0 Å². The summed E-state index contributed by atoms with van der Waals surface area (Å²) >= 11 is 3.33. The van der Waals surface area contributed by atoms with Gasteiger partial charge in [0, 0.05) is 19.2 Å². The number of guanidine groups is 1. The van der Waals surface area contributed by atoms with E-state index in [1.54, 1.807) is 35.1 Å². The van der Waals surface area contributed by atoms with Crippen molar-refractivity contribution >= 4 is 61.2 Å². The lowest BCUT2D eigenvalue weighted by molar-refractivity contribution is 0.995. The van der Waals surface area contributed by atoms with E-state index in [2.05, 4.69) is 57.1 Å². The number of fused-ring (bicyclic) bond motifs is 2. The molecule has 0 spiro atoms. The minimum Gasteiger partial charge on any atom is -0.367 e. The van der Waals surface area contributed by atoms with Crippen LogP contribution in [0.25, 0.3) is 20.2 Å². The Morgan fingerprint density at radius 1 is 0.846 bits per heavy atom. The van der Waals surface area contributed by atoms with E-state index in [9.17, 15) is 0 Å². The van der Waals surface area contributed by atoms with Crippen LogP contribution in [0.4, 0.5) is 0 Å². The molecule has 2 aromatic heterocycles. The molecule has 0 atom stereocenters. The summed E-state index contributed by atoms with van der Waals surface area (Å²) in [4.78, 5) is 2.07. The van der Waals surface area contributed by atoms with Crippen LogP contribution in [0.5, 0.6) is 0 Å². The lowest BCUT2D eigenvalue weighted by Gasteiger charge is -1.94. The number of rotatable bonds is 4. The Kier molecular flexibility index (Phi) is 4.72. The Morgan fingerprint density at radius 2 is 1.42 bits per heavy atom. The zero-order chi connectivity index (χ0) is 17.8. The number of thiophene rings is 2. The summed E-state index contributed by atoms with van der Waals surface area (Å²) in [6.45, 7) is 0. The summed E-state index contributed by atoms with van der Waals surface area (Å²) < 4.78 is 2.44. The highest BCUT2D eigenvalue weighted by Gasteiger charge is 1.99. The van der Waals surface area contributed by atoms with Crippen LogP contribution < -0.4 is 11.2 Å². The summed E-state index contributed by atoms with van der Waals surface area (Å²) in [7, 11) is 0. The third-order valence-electron chi connectivity index (χ3n) is 3.61. The number of hydrazone groups is 1. The van der Waals surface area contributed by atoms with E-state index < -0.39 is 0 Å². The highest BCUT2D eigenvalue weighted by Crippen LogP contribution is 2.24. The van der Waals surface area contributed by atoms with Gasteiger partial charge in [-0.3, -0.25) is 0 Å². The molecule has 128 valence electrons. The first-order chi connectivity index (χ1) is 12.8. The Bertz CT molecular complexity index is 1070. The molecule has 0 radical (unpaired) electrons. The van der Waals surface area contributed by atoms with Crippen LogP contribution in [-0.4, -0.2) is 18.4 Å². The first kappa shape index (κ1) is 16.4. The smallest absolute Gasteiger partial charge is 0.234 e. The number of nitrogens with zero attached hydrogens (tertiary/aromatic N) is 3. The predicted molar refractivity (Wildman–Crippen MR) is 114 cm³/mol. The fraction of sp³-hybridized carbons (Fsp3) is 0. The first-order valence-electron chi connectivity index (χ1n) is 7.91. The van der Waals surface area contributed by atoms with E-state index in [0.29, 0.717) is 0 Å². The number of hydrogen-bond acceptors (Lipinski definition) is 5. The molecule has 5 nitrogen and oxygen atoms in total. The first-order valence-corrected chi connectivity index (χ1v) is 9.54. The predicted octanol–water partition coefficient (Wildman–Crippen LogP) is 4.39. The lowest BCUT2D eigenvalue weighted by atomic mass is 10.2. The summed E-state index contributed by atoms with van der Waals surface area (Å²) in [5, 5.41) is 14.4. The van der Waals surface area contributed by atoms with Gasteiger partial charge in [0.25, 0.3) is 0 Å². The molecular weight excluding hydrogens is 362 g/mol. The molecular formula is C19H15N5S2. The maximum Gasteiger partial charge on any atom is 0.234 e. The van der Waals surface area contributed by atoms with Crippen LogP contribution in [0.1, 0.15) is 9.75 Å². The summed E-state index contributed by atoms with van der Waals surface area (Å²) in [6, 6.07) is 20.6. The summed E-state index contributed by atoms with van der Waals surface area (Å²) in [6.07, 6.45) is 3.41. The molecule has 0 unspecified atom stereocenters. The maximum absolute atomic E-state index is 5.77. The fourth-order valence-corrected chi connectivity index (χ4v) is 4.33. The molecule has 0 saturated carbocycles. The molecule has 4 rings (SSSR count). The van der Waals surface area contributed by atoms with Crippen LogP contribution >= 0.6 is 22.7 Å². The van der Waals surface area contributed by atoms with E-state index in [1.165, 1.54) is 20.2 Å². The topological polar surface area (TPSA) is 75.1 Å². The Balaban J connectivity index is 1.38. The zero-order valence-corrected chi connectivity index (χ0v) is 15.3. The third kappa shape index (κ3) is 3.79.